The minimum absolute atomic E-state index is 0.112. The summed E-state index contributed by atoms with van der Waals surface area (Å²) in [5.74, 6) is 0.244. The molecule has 0 saturated carbocycles. The van der Waals surface area contributed by atoms with E-state index in [0.29, 0.717) is 5.69 Å². The molecular weight excluding hydrogens is 290 g/mol. The summed E-state index contributed by atoms with van der Waals surface area (Å²) in [7, 11) is -3.25. The van der Waals surface area contributed by atoms with Gasteiger partial charge in [-0.1, -0.05) is 26.0 Å². The number of benzene rings is 1. The molecule has 16 heavy (non-hydrogen) atoms. The maximum Gasteiger partial charge on any atom is 0.233 e. The van der Waals surface area contributed by atoms with Crippen LogP contribution in [-0.2, 0) is 10.0 Å². The standard InChI is InChI=1S/C11H16BrNO2S/c1-8(2)7-16(14,15)13-10-6-4-5-9(3)11(10)12/h4-6,8,13H,7H2,1-3H3. The van der Waals surface area contributed by atoms with Crippen molar-refractivity contribution in [2.75, 3.05) is 10.5 Å². The Kier molecular flexibility index (Phi) is 4.38. The third kappa shape index (κ3) is 3.79. The predicted molar refractivity (Wildman–Crippen MR) is 71.1 cm³/mol. The molecule has 0 amide bonds. The van der Waals surface area contributed by atoms with E-state index < -0.39 is 10.0 Å². The van der Waals surface area contributed by atoms with Crippen LogP contribution in [-0.4, -0.2) is 14.2 Å². The van der Waals surface area contributed by atoms with E-state index in [4.69, 9.17) is 0 Å². The van der Waals surface area contributed by atoms with Gasteiger partial charge in [-0.05, 0) is 40.4 Å². The van der Waals surface area contributed by atoms with E-state index in [9.17, 15) is 8.42 Å². The summed E-state index contributed by atoms with van der Waals surface area (Å²) in [5, 5.41) is 0. The molecule has 0 radical (unpaired) electrons. The van der Waals surface area contributed by atoms with Crippen molar-refractivity contribution in [3.05, 3.63) is 28.2 Å². The van der Waals surface area contributed by atoms with Gasteiger partial charge in [0.1, 0.15) is 0 Å². The fourth-order valence-electron chi connectivity index (χ4n) is 1.37. The quantitative estimate of drug-likeness (QED) is 0.929. The average Bonchev–Trinajstić information content (AvgIpc) is 2.10. The molecule has 0 fully saturated rings. The summed E-state index contributed by atoms with van der Waals surface area (Å²) < 4.78 is 26.9. The van der Waals surface area contributed by atoms with Crippen LogP contribution in [0.3, 0.4) is 0 Å². The summed E-state index contributed by atoms with van der Waals surface area (Å²) in [6.07, 6.45) is 0. The van der Waals surface area contributed by atoms with Crippen molar-refractivity contribution in [1.82, 2.24) is 0 Å². The van der Waals surface area contributed by atoms with Crippen LogP contribution >= 0.6 is 15.9 Å². The van der Waals surface area contributed by atoms with Crippen molar-refractivity contribution in [3.8, 4) is 0 Å². The van der Waals surface area contributed by atoms with Gasteiger partial charge in [0.25, 0.3) is 0 Å². The minimum Gasteiger partial charge on any atom is -0.282 e. The van der Waals surface area contributed by atoms with Crippen LogP contribution in [0.4, 0.5) is 5.69 Å². The summed E-state index contributed by atoms with van der Waals surface area (Å²) in [4.78, 5) is 0. The summed E-state index contributed by atoms with van der Waals surface area (Å²) in [5.41, 5.74) is 1.60. The molecular formula is C11H16BrNO2S. The molecule has 0 atom stereocenters. The first-order valence-electron chi connectivity index (χ1n) is 5.07. The second kappa shape index (κ2) is 5.19. The smallest absolute Gasteiger partial charge is 0.233 e. The molecule has 1 rings (SSSR count). The van der Waals surface area contributed by atoms with Crippen molar-refractivity contribution >= 4 is 31.6 Å². The monoisotopic (exact) mass is 305 g/mol. The van der Waals surface area contributed by atoms with Crippen LogP contribution in [0.5, 0.6) is 0 Å². The zero-order valence-corrected chi connectivity index (χ0v) is 12.0. The fraction of sp³-hybridized carbons (Fsp3) is 0.455. The lowest BCUT2D eigenvalue weighted by Gasteiger charge is -2.12. The highest BCUT2D eigenvalue weighted by molar-refractivity contribution is 9.10. The average molecular weight is 306 g/mol. The molecule has 1 aromatic rings. The Morgan fingerprint density at radius 3 is 2.56 bits per heavy atom. The molecule has 90 valence electrons. The van der Waals surface area contributed by atoms with Crippen LogP contribution in [0.1, 0.15) is 19.4 Å². The first-order valence-corrected chi connectivity index (χ1v) is 7.52. The molecule has 0 aromatic heterocycles. The van der Waals surface area contributed by atoms with E-state index in [1.54, 1.807) is 6.07 Å². The first kappa shape index (κ1) is 13.5. The van der Waals surface area contributed by atoms with E-state index in [-0.39, 0.29) is 11.7 Å². The highest BCUT2D eigenvalue weighted by Crippen LogP contribution is 2.26. The Hall–Kier alpha value is -0.550. The SMILES string of the molecule is Cc1cccc(NS(=O)(=O)CC(C)C)c1Br. The van der Waals surface area contributed by atoms with Crippen LogP contribution in [0, 0.1) is 12.8 Å². The van der Waals surface area contributed by atoms with Crippen molar-refractivity contribution in [1.29, 1.82) is 0 Å². The van der Waals surface area contributed by atoms with E-state index >= 15 is 0 Å². The normalized spacial score (nSPS) is 11.8. The summed E-state index contributed by atoms with van der Waals surface area (Å²) in [6, 6.07) is 5.49. The molecule has 0 aliphatic heterocycles. The zero-order valence-electron chi connectivity index (χ0n) is 9.62. The van der Waals surface area contributed by atoms with Crippen molar-refractivity contribution < 1.29 is 8.42 Å². The van der Waals surface area contributed by atoms with Gasteiger partial charge in [0, 0.05) is 4.47 Å². The Bertz CT molecular complexity index is 469. The topological polar surface area (TPSA) is 46.2 Å². The predicted octanol–water partition coefficient (Wildman–Crippen LogP) is 3.16. The second-order valence-electron chi connectivity index (χ2n) is 4.21. The Morgan fingerprint density at radius 1 is 1.38 bits per heavy atom. The van der Waals surface area contributed by atoms with Gasteiger partial charge in [0.05, 0.1) is 11.4 Å². The number of nitrogens with one attached hydrogen (secondary N) is 1. The number of aryl methyl sites for hydroxylation is 1. The molecule has 1 aromatic carbocycles. The molecule has 0 saturated heterocycles. The lowest BCUT2D eigenvalue weighted by atomic mass is 10.2. The molecule has 0 aliphatic carbocycles. The number of rotatable bonds is 4. The number of sulfonamides is 1. The molecule has 1 N–H and O–H groups in total. The minimum atomic E-state index is -3.25. The molecule has 0 spiro atoms. The van der Waals surface area contributed by atoms with Gasteiger partial charge in [-0.15, -0.1) is 0 Å². The second-order valence-corrected chi connectivity index (χ2v) is 6.77. The van der Waals surface area contributed by atoms with Gasteiger partial charge in [-0.2, -0.15) is 0 Å². The lowest BCUT2D eigenvalue weighted by molar-refractivity contribution is 0.587. The van der Waals surface area contributed by atoms with Crippen molar-refractivity contribution in [3.63, 3.8) is 0 Å². The van der Waals surface area contributed by atoms with E-state index in [0.717, 1.165) is 10.0 Å². The first-order chi connectivity index (χ1) is 7.32. The van der Waals surface area contributed by atoms with Gasteiger partial charge in [-0.3, -0.25) is 4.72 Å². The number of hydrogen-bond acceptors (Lipinski definition) is 2. The Balaban J connectivity index is 2.93. The van der Waals surface area contributed by atoms with Crippen LogP contribution in [0.25, 0.3) is 0 Å². The maximum absolute atomic E-state index is 11.7. The van der Waals surface area contributed by atoms with E-state index in [2.05, 4.69) is 20.7 Å². The van der Waals surface area contributed by atoms with Gasteiger partial charge in [0.2, 0.25) is 10.0 Å². The highest BCUT2D eigenvalue weighted by Gasteiger charge is 2.14. The zero-order chi connectivity index (χ0) is 12.3. The fourth-order valence-corrected chi connectivity index (χ4v) is 3.34. The number of anilines is 1. The molecule has 0 unspecified atom stereocenters. The van der Waals surface area contributed by atoms with Gasteiger partial charge in [0.15, 0.2) is 0 Å². The van der Waals surface area contributed by atoms with Gasteiger partial charge in [-0.25, -0.2) is 8.42 Å². The van der Waals surface area contributed by atoms with E-state index in [1.807, 2.05) is 32.9 Å². The molecule has 3 nitrogen and oxygen atoms in total. The molecule has 0 bridgehead atoms. The van der Waals surface area contributed by atoms with Crippen molar-refractivity contribution in [2.24, 2.45) is 5.92 Å². The third-order valence-electron chi connectivity index (χ3n) is 2.01. The summed E-state index contributed by atoms with van der Waals surface area (Å²) >= 11 is 3.37. The molecule has 5 heteroatoms. The largest absolute Gasteiger partial charge is 0.282 e. The van der Waals surface area contributed by atoms with Crippen molar-refractivity contribution in [2.45, 2.75) is 20.8 Å². The van der Waals surface area contributed by atoms with Crippen LogP contribution in [0.2, 0.25) is 0 Å². The number of hydrogen-bond donors (Lipinski definition) is 1. The van der Waals surface area contributed by atoms with Crippen LogP contribution in [0.15, 0.2) is 22.7 Å². The Morgan fingerprint density at radius 2 is 2.00 bits per heavy atom. The maximum atomic E-state index is 11.7. The van der Waals surface area contributed by atoms with Crippen LogP contribution < -0.4 is 4.72 Å². The molecule has 0 heterocycles. The van der Waals surface area contributed by atoms with E-state index in [1.165, 1.54) is 0 Å². The lowest BCUT2D eigenvalue weighted by Crippen LogP contribution is -2.20. The summed E-state index contributed by atoms with van der Waals surface area (Å²) in [6.45, 7) is 5.68. The highest BCUT2D eigenvalue weighted by atomic mass is 79.9. The Labute approximate surface area is 105 Å². The third-order valence-corrected chi connectivity index (χ3v) is 4.70. The number of halogens is 1. The van der Waals surface area contributed by atoms with Gasteiger partial charge < -0.3 is 0 Å². The van der Waals surface area contributed by atoms with Gasteiger partial charge >= 0.3 is 0 Å². The molecule has 0 aliphatic rings.